The first-order valence-corrected chi connectivity index (χ1v) is 5.28. The van der Waals surface area contributed by atoms with Crippen molar-refractivity contribution in [3.63, 3.8) is 0 Å². The van der Waals surface area contributed by atoms with E-state index < -0.39 is 5.97 Å². The van der Waals surface area contributed by atoms with Gasteiger partial charge in [0.15, 0.2) is 0 Å². The Bertz CT molecular complexity index is 191. The van der Waals surface area contributed by atoms with Gasteiger partial charge in [0, 0.05) is 7.05 Å². The largest absolute Gasteiger partial charge is 0.477 e. The van der Waals surface area contributed by atoms with E-state index in [4.69, 9.17) is 5.11 Å². The first-order valence-electron chi connectivity index (χ1n) is 5.28. The van der Waals surface area contributed by atoms with Crippen LogP contribution < -0.4 is 0 Å². The predicted molar refractivity (Wildman–Crippen MR) is 67.7 cm³/mol. The summed E-state index contributed by atoms with van der Waals surface area (Å²) in [5.41, 5.74) is 0.0810. The second-order valence-electron chi connectivity index (χ2n) is 3.15. The van der Waals surface area contributed by atoms with Gasteiger partial charge in [0.05, 0.1) is 0 Å². The number of allylic oxidation sites excluding steroid dienone is 1. The molecule has 1 N–H and O–H groups in total. The van der Waals surface area contributed by atoms with Crippen LogP contribution >= 0.6 is 0 Å². The molecule has 3 nitrogen and oxygen atoms in total. The third-order valence-electron chi connectivity index (χ3n) is 0.785. The van der Waals surface area contributed by atoms with Gasteiger partial charge < -0.3 is 5.11 Å². The van der Waals surface area contributed by atoms with Crippen LogP contribution in [0.25, 0.3) is 0 Å². The van der Waals surface area contributed by atoms with E-state index in [-0.39, 0.29) is 5.71 Å². The van der Waals surface area contributed by atoms with E-state index in [2.05, 4.69) is 25.8 Å². The van der Waals surface area contributed by atoms with Crippen LogP contribution in [0.15, 0.2) is 17.1 Å². The zero-order chi connectivity index (χ0) is 12.9. The van der Waals surface area contributed by atoms with Crippen molar-refractivity contribution in [2.75, 3.05) is 7.05 Å². The van der Waals surface area contributed by atoms with Crippen LogP contribution in [0.2, 0.25) is 0 Å². The van der Waals surface area contributed by atoms with Crippen molar-refractivity contribution in [3.05, 3.63) is 12.2 Å². The standard InChI is InChI=1S/C6H9NO2.C4H10.C2H6/c1-3-4-5(7-2)6(8)9;1-4(2)3;1-2/h3-4H,1-2H3,(H,8,9);4H,1-3H3;1-2H3/b4-3-,7-5?;;. The summed E-state index contributed by atoms with van der Waals surface area (Å²) in [5, 5.41) is 8.32. The third kappa shape index (κ3) is 24.6. The molecule has 90 valence electrons. The zero-order valence-corrected chi connectivity index (χ0v) is 11.0. The Morgan fingerprint density at radius 1 is 1.27 bits per heavy atom. The first-order chi connectivity index (χ1) is 6.95. The average molecular weight is 215 g/mol. The summed E-state index contributed by atoms with van der Waals surface area (Å²) < 4.78 is 0. The molecule has 0 aromatic heterocycles. The van der Waals surface area contributed by atoms with Gasteiger partial charge in [0.2, 0.25) is 0 Å². The molecule has 3 heteroatoms. The number of carbonyl (C=O) groups is 1. The zero-order valence-electron chi connectivity index (χ0n) is 11.0. The van der Waals surface area contributed by atoms with Crippen molar-refractivity contribution < 1.29 is 9.90 Å². The molecule has 0 unspecified atom stereocenters. The number of nitrogens with zero attached hydrogens (tertiary/aromatic N) is 1. The van der Waals surface area contributed by atoms with Crippen molar-refractivity contribution in [1.82, 2.24) is 0 Å². The highest BCUT2D eigenvalue weighted by molar-refractivity contribution is 6.40. The fraction of sp³-hybridized carbons (Fsp3) is 0.667. The number of carboxylic acid groups (broad SMARTS) is 1. The Balaban J connectivity index is -0.000000202. The summed E-state index contributed by atoms with van der Waals surface area (Å²) in [6.07, 6.45) is 3.08. The van der Waals surface area contributed by atoms with Crippen LogP contribution in [0, 0.1) is 5.92 Å². The van der Waals surface area contributed by atoms with Crippen molar-refractivity contribution in [2.24, 2.45) is 10.9 Å². The van der Waals surface area contributed by atoms with E-state index in [1.54, 1.807) is 13.0 Å². The van der Waals surface area contributed by atoms with E-state index in [1.165, 1.54) is 13.1 Å². The number of aliphatic carboxylic acids is 1. The Labute approximate surface area is 93.9 Å². The molecule has 0 aromatic carbocycles. The first kappa shape index (κ1) is 19.5. The van der Waals surface area contributed by atoms with Crippen LogP contribution in [0.5, 0.6) is 0 Å². The summed E-state index contributed by atoms with van der Waals surface area (Å²) in [6, 6.07) is 0. The molecule has 0 atom stereocenters. The Morgan fingerprint density at radius 3 is 1.67 bits per heavy atom. The molecule has 15 heavy (non-hydrogen) atoms. The maximum Gasteiger partial charge on any atom is 0.354 e. The molecule has 0 fully saturated rings. The van der Waals surface area contributed by atoms with Gasteiger partial charge in [-0.05, 0) is 18.9 Å². The Morgan fingerprint density at radius 2 is 1.60 bits per heavy atom. The van der Waals surface area contributed by atoms with Gasteiger partial charge in [-0.3, -0.25) is 4.99 Å². The van der Waals surface area contributed by atoms with Gasteiger partial charge in [-0.1, -0.05) is 40.7 Å². The van der Waals surface area contributed by atoms with Crippen LogP contribution in [0.4, 0.5) is 0 Å². The van der Waals surface area contributed by atoms with Crippen molar-refractivity contribution in [3.8, 4) is 0 Å². The second-order valence-corrected chi connectivity index (χ2v) is 3.15. The molecule has 0 aliphatic carbocycles. The van der Waals surface area contributed by atoms with E-state index in [0.717, 1.165) is 5.92 Å². The van der Waals surface area contributed by atoms with E-state index in [1.807, 2.05) is 13.8 Å². The topological polar surface area (TPSA) is 49.7 Å². The predicted octanol–water partition coefficient (Wildman–Crippen LogP) is 3.41. The van der Waals surface area contributed by atoms with Gasteiger partial charge in [-0.2, -0.15) is 0 Å². The van der Waals surface area contributed by atoms with Gasteiger partial charge >= 0.3 is 5.97 Å². The molecule has 0 aromatic rings. The molecule has 0 heterocycles. The van der Waals surface area contributed by atoms with Crippen LogP contribution in [-0.2, 0) is 4.79 Å². The molecule has 0 radical (unpaired) electrons. The highest BCUT2D eigenvalue weighted by atomic mass is 16.4. The third-order valence-corrected chi connectivity index (χ3v) is 0.785. The Hall–Kier alpha value is -1.12. The summed E-state index contributed by atoms with van der Waals surface area (Å²) in [5.74, 6) is -0.157. The summed E-state index contributed by atoms with van der Waals surface area (Å²) in [4.78, 5) is 13.6. The number of rotatable bonds is 2. The maximum absolute atomic E-state index is 10.1. The fourth-order valence-electron chi connectivity index (χ4n) is 0.399. The molecule has 0 saturated heterocycles. The number of carboxylic acids is 1. The monoisotopic (exact) mass is 215 g/mol. The summed E-state index contributed by atoms with van der Waals surface area (Å²) in [6.45, 7) is 12.2. The molecule has 0 amide bonds. The minimum absolute atomic E-state index is 0.0810. The minimum Gasteiger partial charge on any atom is -0.477 e. The quantitative estimate of drug-likeness (QED) is 0.718. The Kier molecular flexibility index (Phi) is 19.9. The summed E-state index contributed by atoms with van der Waals surface area (Å²) in [7, 11) is 1.45. The second kappa shape index (κ2) is 15.4. The van der Waals surface area contributed by atoms with Crippen molar-refractivity contribution >= 4 is 11.7 Å². The molecule has 0 saturated carbocycles. The van der Waals surface area contributed by atoms with Crippen molar-refractivity contribution in [1.29, 1.82) is 0 Å². The maximum atomic E-state index is 10.1. The fourth-order valence-corrected chi connectivity index (χ4v) is 0.399. The molecular formula is C12H25NO2. The smallest absolute Gasteiger partial charge is 0.354 e. The van der Waals surface area contributed by atoms with Gasteiger partial charge in [-0.15, -0.1) is 0 Å². The van der Waals surface area contributed by atoms with E-state index >= 15 is 0 Å². The van der Waals surface area contributed by atoms with E-state index in [0.29, 0.717) is 0 Å². The van der Waals surface area contributed by atoms with Gasteiger partial charge in [0.1, 0.15) is 5.71 Å². The molecule has 0 bridgehead atoms. The summed E-state index contributed by atoms with van der Waals surface area (Å²) >= 11 is 0. The lowest BCUT2D eigenvalue weighted by atomic mass is 10.3. The lowest BCUT2D eigenvalue weighted by molar-refractivity contribution is -0.129. The van der Waals surface area contributed by atoms with E-state index in [9.17, 15) is 4.79 Å². The van der Waals surface area contributed by atoms with Crippen LogP contribution in [-0.4, -0.2) is 23.8 Å². The average Bonchev–Trinajstić information content (AvgIpc) is 2.16. The van der Waals surface area contributed by atoms with Gasteiger partial charge in [0.25, 0.3) is 0 Å². The van der Waals surface area contributed by atoms with Crippen LogP contribution in [0.3, 0.4) is 0 Å². The molecule has 0 rings (SSSR count). The molecule has 0 aliphatic heterocycles. The number of hydrogen-bond acceptors (Lipinski definition) is 2. The number of hydrogen-bond donors (Lipinski definition) is 1. The molecule has 0 aliphatic rings. The highest BCUT2D eigenvalue weighted by Gasteiger charge is 2.00. The SMILES string of the molecule is C/C=C\C(=NC)C(=O)O.CC.CC(C)C. The normalized spacial score (nSPS) is 10.3. The van der Waals surface area contributed by atoms with Crippen LogP contribution in [0.1, 0.15) is 41.5 Å². The van der Waals surface area contributed by atoms with Gasteiger partial charge in [-0.25, -0.2) is 4.79 Å². The molecule has 0 spiro atoms. The highest BCUT2D eigenvalue weighted by Crippen LogP contribution is 1.81. The van der Waals surface area contributed by atoms with Crippen molar-refractivity contribution in [2.45, 2.75) is 41.5 Å². The molecular weight excluding hydrogens is 190 g/mol. The number of aliphatic imine (C=N–C) groups is 1. The minimum atomic E-state index is -0.990. The lowest BCUT2D eigenvalue weighted by Gasteiger charge is -1.87. The lowest BCUT2D eigenvalue weighted by Crippen LogP contribution is -2.08.